The van der Waals surface area contributed by atoms with Crippen LogP contribution in [-0.2, 0) is 4.79 Å². The molecule has 100 valence electrons. The number of benzene rings is 2. The molecule has 3 heteroatoms. The van der Waals surface area contributed by atoms with Crippen LogP contribution in [0.1, 0.15) is 18.4 Å². The molecule has 0 N–H and O–H groups in total. The Bertz CT molecular complexity index is 672. The van der Waals surface area contributed by atoms with Gasteiger partial charge in [-0.05, 0) is 60.0 Å². The van der Waals surface area contributed by atoms with E-state index in [1.54, 1.807) is 18.2 Å². The molecule has 20 heavy (non-hydrogen) atoms. The van der Waals surface area contributed by atoms with Crippen molar-refractivity contribution in [3.05, 3.63) is 66.0 Å². The molecule has 0 atom stereocenters. The second-order valence-electron chi connectivity index (χ2n) is 4.72. The zero-order chi connectivity index (χ0) is 13.9. The van der Waals surface area contributed by atoms with Crippen molar-refractivity contribution in [2.24, 2.45) is 0 Å². The number of allylic oxidation sites excluding steroid dienone is 2. The predicted molar refractivity (Wildman–Crippen MR) is 75.1 cm³/mol. The number of ketones is 1. The highest BCUT2D eigenvalue weighted by molar-refractivity contribution is 6.01. The lowest BCUT2D eigenvalue weighted by Crippen LogP contribution is -1.87. The minimum absolute atomic E-state index is 0.171. The van der Waals surface area contributed by atoms with Crippen molar-refractivity contribution in [2.75, 3.05) is 0 Å². The summed E-state index contributed by atoms with van der Waals surface area (Å²) in [6.07, 6.45) is 3.05. The molecule has 0 radical (unpaired) electrons. The molecule has 0 fully saturated rings. The molecule has 2 nitrogen and oxygen atoms in total. The number of hydrogen-bond donors (Lipinski definition) is 0. The van der Waals surface area contributed by atoms with Gasteiger partial charge in [0.15, 0.2) is 5.78 Å². The van der Waals surface area contributed by atoms with Gasteiger partial charge in [0.05, 0.1) is 0 Å². The molecule has 1 aliphatic rings. The van der Waals surface area contributed by atoms with Crippen molar-refractivity contribution in [1.29, 1.82) is 0 Å². The highest BCUT2D eigenvalue weighted by Gasteiger charge is 2.13. The summed E-state index contributed by atoms with van der Waals surface area (Å²) < 4.78 is 18.5. The average Bonchev–Trinajstić information content (AvgIpc) is 2.89. The van der Waals surface area contributed by atoms with Crippen molar-refractivity contribution < 1.29 is 13.9 Å². The molecule has 0 saturated heterocycles. The van der Waals surface area contributed by atoms with Crippen molar-refractivity contribution >= 4 is 11.4 Å². The Morgan fingerprint density at radius 3 is 2.45 bits per heavy atom. The molecule has 0 bridgehead atoms. The van der Waals surface area contributed by atoms with Gasteiger partial charge in [0.2, 0.25) is 0 Å². The van der Waals surface area contributed by atoms with Gasteiger partial charge in [-0.2, -0.15) is 0 Å². The van der Waals surface area contributed by atoms with E-state index in [-0.39, 0.29) is 11.6 Å². The number of carbonyl (C=O) groups excluding carboxylic acids is 1. The predicted octanol–water partition coefficient (Wildman–Crippen LogP) is 4.36. The van der Waals surface area contributed by atoms with E-state index in [1.165, 1.54) is 12.1 Å². The molecule has 2 aromatic rings. The number of hydrogen-bond acceptors (Lipinski definition) is 2. The highest BCUT2D eigenvalue weighted by Crippen LogP contribution is 2.29. The zero-order valence-electron chi connectivity index (χ0n) is 10.8. The second kappa shape index (κ2) is 5.29. The van der Waals surface area contributed by atoms with Crippen LogP contribution in [0.25, 0.3) is 5.57 Å². The first-order chi connectivity index (χ1) is 9.70. The van der Waals surface area contributed by atoms with E-state index >= 15 is 0 Å². The van der Waals surface area contributed by atoms with E-state index in [9.17, 15) is 9.18 Å². The summed E-state index contributed by atoms with van der Waals surface area (Å²) in [4.78, 5) is 11.3. The fraction of sp³-hybridized carbons (Fsp3) is 0.118. The van der Waals surface area contributed by atoms with Crippen LogP contribution in [0.15, 0.2) is 54.6 Å². The van der Waals surface area contributed by atoms with Gasteiger partial charge in [0.25, 0.3) is 0 Å². The van der Waals surface area contributed by atoms with Gasteiger partial charge < -0.3 is 4.74 Å². The van der Waals surface area contributed by atoms with Crippen LogP contribution in [0, 0.1) is 5.82 Å². The third-order valence-corrected chi connectivity index (χ3v) is 3.23. The summed E-state index contributed by atoms with van der Waals surface area (Å²) in [5.41, 5.74) is 2.04. The second-order valence-corrected chi connectivity index (χ2v) is 4.72. The number of ether oxygens (including phenoxy) is 1. The van der Waals surface area contributed by atoms with E-state index in [0.717, 1.165) is 17.6 Å². The van der Waals surface area contributed by atoms with Crippen LogP contribution in [0.4, 0.5) is 4.39 Å². The molecule has 0 heterocycles. The number of carbonyl (C=O) groups is 1. The monoisotopic (exact) mass is 268 g/mol. The van der Waals surface area contributed by atoms with Crippen LogP contribution in [0.2, 0.25) is 0 Å². The van der Waals surface area contributed by atoms with Crippen LogP contribution in [0.3, 0.4) is 0 Å². The lowest BCUT2D eigenvalue weighted by molar-refractivity contribution is -0.114. The van der Waals surface area contributed by atoms with E-state index in [2.05, 4.69) is 0 Å². The topological polar surface area (TPSA) is 26.3 Å². The molecule has 3 rings (SSSR count). The van der Waals surface area contributed by atoms with E-state index < -0.39 is 0 Å². The Kier molecular flexibility index (Phi) is 3.33. The minimum Gasteiger partial charge on any atom is -0.457 e. The van der Waals surface area contributed by atoms with Crippen LogP contribution < -0.4 is 4.74 Å². The lowest BCUT2D eigenvalue weighted by Gasteiger charge is -2.08. The van der Waals surface area contributed by atoms with Gasteiger partial charge in [-0.3, -0.25) is 4.79 Å². The maximum absolute atomic E-state index is 12.8. The Labute approximate surface area is 116 Å². The quantitative estimate of drug-likeness (QED) is 0.826. The molecule has 0 unspecified atom stereocenters. The zero-order valence-corrected chi connectivity index (χ0v) is 10.8. The fourth-order valence-electron chi connectivity index (χ4n) is 2.22. The van der Waals surface area contributed by atoms with Crippen molar-refractivity contribution in [1.82, 2.24) is 0 Å². The van der Waals surface area contributed by atoms with Crippen molar-refractivity contribution in [3.8, 4) is 11.5 Å². The minimum atomic E-state index is -0.291. The smallest absolute Gasteiger partial charge is 0.156 e. The number of halogens is 1. The highest BCUT2D eigenvalue weighted by atomic mass is 19.1. The summed E-state index contributed by atoms with van der Waals surface area (Å²) in [6.45, 7) is 0. The Balaban J connectivity index is 1.82. The first-order valence-electron chi connectivity index (χ1n) is 6.48. The standard InChI is InChI=1S/C17H13FO2/c18-14-5-8-16(9-6-14)20-17-3-1-2-12(11-17)13-4-7-15(19)10-13/h1-3,5-6,8-11H,4,7H2. The summed E-state index contributed by atoms with van der Waals surface area (Å²) >= 11 is 0. The molecule has 1 aliphatic carbocycles. The SMILES string of the molecule is O=C1C=C(c2cccc(Oc3ccc(F)cc3)c2)CC1. The normalized spacial score (nSPS) is 14.2. The third-order valence-electron chi connectivity index (χ3n) is 3.23. The molecular formula is C17H13FO2. The van der Waals surface area contributed by atoms with Crippen LogP contribution in [-0.4, -0.2) is 5.78 Å². The lowest BCUT2D eigenvalue weighted by atomic mass is 10.1. The van der Waals surface area contributed by atoms with E-state index in [4.69, 9.17) is 4.74 Å². The summed E-state index contributed by atoms with van der Waals surface area (Å²) in [5.74, 6) is 1.14. The molecule has 0 amide bonds. The Hall–Kier alpha value is -2.42. The summed E-state index contributed by atoms with van der Waals surface area (Å²) in [7, 11) is 0. The summed E-state index contributed by atoms with van der Waals surface area (Å²) in [6, 6.07) is 13.5. The van der Waals surface area contributed by atoms with Gasteiger partial charge in [-0.25, -0.2) is 4.39 Å². The maximum Gasteiger partial charge on any atom is 0.156 e. The number of rotatable bonds is 3. The molecular weight excluding hydrogens is 255 g/mol. The molecule has 0 aromatic heterocycles. The first-order valence-corrected chi connectivity index (χ1v) is 6.48. The van der Waals surface area contributed by atoms with E-state index in [0.29, 0.717) is 17.9 Å². The van der Waals surface area contributed by atoms with Crippen LogP contribution in [0.5, 0.6) is 11.5 Å². The Morgan fingerprint density at radius 1 is 0.950 bits per heavy atom. The maximum atomic E-state index is 12.8. The fourth-order valence-corrected chi connectivity index (χ4v) is 2.22. The molecule has 0 saturated carbocycles. The van der Waals surface area contributed by atoms with E-state index in [1.807, 2.05) is 24.3 Å². The molecule has 0 aliphatic heterocycles. The third kappa shape index (κ3) is 2.77. The van der Waals surface area contributed by atoms with Gasteiger partial charge in [0.1, 0.15) is 17.3 Å². The van der Waals surface area contributed by atoms with Gasteiger partial charge in [0, 0.05) is 6.42 Å². The van der Waals surface area contributed by atoms with Crippen molar-refractivity contribution in [3.63, 3.8) is 0 Å². The van der Waals surface area contributed by atoms with Crippen LogP contribution >= 0.6 is 0 Å². The van der Waals surface area contributed by atoms with Crippen molar-refractivity contribution in [2.45, 2.75) is 12.8 Å². The molecule has 0 spiro atoms. The van der Waals surface area contributed by atoms with Gasteiger partial charge >= 0.3 is 0 Å². The Morgan fingerprint density at radius 2 is 1.75 bits per heavy atom. The first kappa shape index (κ1) is 12.6. The summed E-state index contributed by atoms with van der Waals surface area (Å²) in [5, 5.41) is 0. The van der Waals surface area contributed by atoms with Gasteiger partial charge in [-0.15, -0.1) is 0 Å². The average molecular weight is 268 g/mol. The van der Waals surface area contributed by atoms with Gasteiger partial charge in [-0.1, -0.05) is 12.1 Å². The largest absolute Gasteiger partial charge is 0.457 e. The molecule has 2 aromatic carbocycles.